The van der Waals surface area contributed by atoms with E-state index >= 15 is 0 Å². The maximum atomic E-state index is 12.4. The van der Waals surface area contributed by atoms with Gasteiger partial charge in [-0.25, -0.2) is 13.1 Å². The molecular formula is C27H33ClN2O6S. The van der Waals surface area contributed by atoms with Gasteiger partial charge < -0.3 is 19.9 Å². The second kappa shape index (κ2) is 14.0. The molecule has 0 unspecified atom stereocenters. The van der Waals surface area contributed by atoms with Gasteiger partial charge in [0.05, 0.1) is 24.0 Å². The summed E-state index contributed by atoms with van der Waals surface area (Å²) in [4.78, 5) is 12.4. The number of amides is 1. The predicted molar refractivity (Wildman–Crippen MR) is 147 cm³/mol. The average Bonchev–Trinajstić information content (AvgIpc) is 2.83. The van der Waals surface area contributed by atoms with E-state index in [0.717, 1.165) is 22.9 Å². The Balaban J connectivity index is 0.00000481. The van der Waals surface area contributed by atoms with E-state index in [4.69, 9.17) is 9.47 Å². The predicted octanol–water partition coefficient (Wildman–Crippen LogP) is 3.95. The fourth-order valence-corrected chi connectivity index (χ4v) is 3.93. The molecule has 3 aromatic rings. The molecule has 0 radical (unpaired) electrons. The van der Waals surface area contributed by atoms with E-state index in [1.165, 1.54) is 0 Å². The van der Waals surface area contributed by atoms with Gasteiger partial charge in [-0.2, -0.15) is 0 Å². The van der Waals surface area contributed by atoms with E-state index in [0.29, 0.717) is 31.2 Å². The fourth-order valence-electron chi connectivity index (χ4n) is 3.48. The zero-order valence-corrected chi connectivity index (χ0v) is 22.6. The maximum absolute atomic E-state index is 12.4. The van der Waals surface area contributed by atoms with Crippen molar-refractivity contribution in [3.05, 3.63) is 83.9 Å². The van der Waals surface area contributed by atoms with Crippen LogP contribution in [-0.4, -0.2) is 51.5 Å². The third kappa shape index (κ3) is 9.70. The van der Waals surface area contributed by atoms with E-state index in [1.807, 2.05) is 73.2 Å². The molecule has 3 rings (SSSR count). The van der Waals surface area contributed by atoms with Crippen LogP contribution in [0.15, 0.2) is 72.8 Å². The van der Waals surface area contributed by atoms with Crippen LogP contribution in [0.1, 0.15) is 35.9 Å². The maximum Gasteiger partial charge on any atom is 0.268 e. The van der Waals surface area contributed by atoms with Gasteiger partial charge in [0.1, 0.15) is 18.1 Å². The minimum absolute atomic E-state index is 0. The fraction of sp³-hybridized carbons (Fsp3) is 0.296. The summed E-state index contributed by atoms with van der Waals surface area (Å²) in [6.45, 7) is 5.11. The minimum Gasteiger partial charge on any atom is -0.492 e. The van der Waals surface area contributed by atoms with Crippen LogP contribution in [0.25, 0.3) is 11.1 Å². The highest BCUT2D eigenvalue weighted by atomic mass is 35.5. The molecule has 0 saturated heterocycles. The van der Waals surface area contributed by atoms with E-state index in [-0.39, 0.29) is 24.1 Å². The van der Waals surface area contributed by atoms with Crippen molar-refractivity contribution in [3.63, 3.8) is 0 Å². The number of nitrogens with one attached hydrogen (secondary N) is 2. The van der Waals surface area contributed by atoms with E-state index in [2.05, 4.69) is 5.32 Å². The van der Waals surface area contributed by atoms with Gasteiger partial charge in [-0.05, 0) is 54.8 Å². The van der Waals surface area contributed by atoms with Crippen molar-refractivity contribution in [1.29, 1.82) is 0 Å². The molecular weight excluding hydrogens is 516 g/mol. The second-order valence-corrected chi connectivity index (χ2v) is 10.3. The van der Waals surface area contributed by atoms with Gasteiger partial charge in [-0.3, -0.25) is 4.79 Å². The molecule has 3 N–H and O–H groups in total. The highest BCUT2D eigenvalue weighted by Gasteiger charge is 2.18. The van der Waals surface area contributed by atoms with Crippen LogP contribution >= 0.6 is 12.4 Å². The van der Waals surface area contributed by atoms with Crippen molar-refractivity contribution in [3.8, 4) is 22.6 Å². The van der Waals surface area contributed by atoms with E-state index < -0.39 is 22.0 Å². The smallest absolute Gasteiger partial charge is 0.268 e. The first-order valence-corrected chi connectivity index (χ1v) is 13.5. The molecule has 37 heavy (non-hydrogen) atoms. The van der Waals surface area contributed by atoms with Gasteiger partial charge in [0, 0.05) is 13.1 Å². The van der Waals surface area contributed by atoms with Crippen molar-refractivity contribution in [1.82, 2.24) is 10.0 Å². The Morgan fingerprint density at radius 3 is 2.24 bits per heavy atom. The molecule has 8 nitrogen and oxygen atoms in total. The molecule has 1 amide bonds. The standard InChI is InChI=1S/C27H32N2O6S.ClH/c1-19(2)35-26-17-22(11-14-24(26)27(31)29-36(3,32)33)20-9-12-23(13-10-20)34-16-15-28-18-25(30)21-7-5-4-6-8-21;/h4-14,17,19,25,28,30H,15-16,18H2,1-3H3,(H,29,31);1H/t25-;/m0./s1. The average molecular weight is 549 g/mol. The number of halogens is 1. The molecule has 200 valence electrons. The van der Waals surface area contributed by atoms with Crippen LogP contribution in [0, 0.1) is 0 Å². The lowest BCUT2D eigenvalue weighted by molar-refractivity contribution is 0.0976. The topological polar surface area (TPSA) is 114 Å². The van der Waals surface area contributed by atoms with Gasteiger partial charge in [0.2, 0.25) is 10.0 Å². The molecule has 10 heteroatoms. The molecule has 0 aliphatic heterocycles. The Bertz CT molecular complexity index is 1250. The van der Waals surface area contributed by atoms with Gasteiger partial charge >= 0.3 is 0 Å². The summed E-state index contributed by atoms with van der Waals surface area (Å²) in [6.07, 6.45) is 0.151. The molecule has 0 aromatic heterocycles. The largest absolute Gasteiger partial charge is 0.492 e. The zero-order chi connectivity index (χ0) is 26.1. The first-order chi connectivity index (χ1) is 17.1. The van der Waals surface area contributed by atoms with Gasteiger partial charge in [-0.15, -0.1) is 12.4 Å². The quantitative estimate of drug-likeness (QED) is 0.294. The summed E-state index contributed by atoms with van der Waals surface area (Å²) in [5.41, 5.74) is 2.70. The second-order valence-electron chi connectivity index (χ2n) is 8.58. The molecule has 0 heterocycles. The molecule has 0 bridgehead atoms. The summed E-state index contributed by atoms with van der Waals surface area (Å²) in [7, 11) is -3.70. The van der Waals surface area contributed by atoms with Gasteiger partial charge in [-0.1, -0.05) is 48.5 Å². The number of carbonyl (C=O) groups is 1. The lowest BCUT2D eigenvalue weighted by Gasteiger charge is -2.16. The third-order valence-corrected chi connectivity index (χ3v) is 5.68. The summed E-state index contributed by atoms with van der Waals surface area (Å²) >= 11 is 0. The molecule has 0 spiro atoms. The summed E-state index contributed by atoms with van der Waals surface area (Å²) in [6, 6.07) is 22.0. The van der Waals surface area contributed by atoms with Gasteiger partial charge in [0.15, 0.2) is 0 Å². The monoisotopic (exact) mass is 548 g/mol. The van der Waals surface area contributed by atoms with Gasteiger partial charge in [0.25, 0.3) is 5.91 Å². The van der Waals surface area contributed by atoms with Crippen molar-refractivity contribution in [2.75, 3.05) is 26.0 Å². The minimum atomic E-state index is -3.70. The molecule has 1 atom stereocenters. The number of aliphatic hydroxyl groups excluding tert-OH is 1. The normalized spacial score (nSPS) is 11.9. The van der Waals surface area contributed by atoms with Crippen LogP contribution in [0.2, 0.25) is 0 Å². The van der Waals surface area contributed by atoms with E-state index in [1.54, 1.807) is 18.2 Å². The summed E-state index contributed by atoms with van der Waals surface area (Å²) in [5.74, 6) is 0.257. The Labute approximate surface area is 224 Å². The Hall–Kier alpha value is -3.11. The van der Waals surface area contributed by atoms with Crippen molar-refractivity contribution >= 4 is 28.3 Å². The van der Waals surface area contributed by atoms with Crippen LogP contribution in [0.4, 0.5) is 0 Å². The first kappa shape index (κ1) is 30.1. The third-order valence-electron chi connectivity index (χ3n) is 5.12. The number of sulfonamides is 1. The number of ether oxygens (including phenoxy) is 2. The van der Waals surface area contributed by atoms with Crippen LogP contribution in [-0.2, 0) is 10.0 Å². The number of hydrogen-bond donors (Lipinski definition) is 3. The van der Waals surface area contributed by atoms with Crippen LogP contribution in [0.3, 0.4) is 0 Å². The number of benzene rings is 3. The number of aliphatic hydroxyl groups is 1. The molecule has 3 aromatic carbocycles. The van der Waals surface area contributed by atoms with Crippen molar-refractivity contribution < 1.29 is 27.8 Å². The molecule has 0 aliphatic carbocycles. The number of hydrogen-bond acceptors (Lipinski definition) is 7. The van der Waals surface area contributed by atoms with Crippen LogP contribution < -0.4 is 19.5 Å². The molecule has 0 saturated carbocycles. The summed E-state index contributed by atoms with van der Waals surface area (Å²) in [5, 5.41) is 13.4. The Kier molecular flexibility index (Phi) is 11.4. The highest BCUT2D eigenvalue weighted by Crippen LogP contribution is 2.29. The lowest BCUT2D eigenvalue weighted by atomic mass is 10.0. The number of carbonyl (C=O) groups excluding carboxylic acids is 1. The lowest BCUT2D eigenvalue weighted by Crippen LogP contribution is -2.30. The molecule has 0 aliphatic rings. The highest BCUT2D eigenvalue weighted by molar-refractivity contribution is 7.89. The van der Waals surface area contributed by atoms with Crippen LogP contribution in [0.5, 0.6) is 11.5 Å². The number of rotatable bonds is 12. The van der Waals surface area contributed by atoms with E-state index in [9.17, 15) is 18.3 Å². The zero-order valence-electron chi connectivity index (χ0n) is 21.0. The Morgan fingerprint density at radius 2 is 1.62 bits per heavy atom. The summed E-state index contributed by atoms with van der Waals surface area (Å²) < 4.78 is 36.5. The molecule has 0 fully saturated rings. The first-order valence-electron chi connectivity index (χ1n) is 11.6. The van der Waals surface area contributed by atoms with Crippen molar-refractivity contribution in [2.24, 2.45) is 0 Å². The van der Waals surface area contributed by atoms with Crippen molar-refractivity contribution in [2.45, 2.75) is 26.1 Å². The SMILES string of the molecule is CC(C)Oc1cc(-c2ccc(OCCNC[C@H](O)c3ccccc3)cc2)ccc1C(=O)NS(C)(=O)=O.Cl. The Morgan fingerprint density at radius 1 is 0.973 bits per heavy atom.